The van der Waals surface area contributed by atoms with Crippen molar-refractivity contribution < 1.29 is 9.50 Å². The highest BCUT2D eigenvalue weighted by atomic mass is 19.1. The van der Waals surface area contributed by atoms with Gasteiger partial charge in [0.25, 0.3) is 0 Å². The molecule has 0 aliphatic carbocycles. The van der Waals surface area contributed by atoms with Crippen LogP contribution in [0.3, 0.4) is 0 Å². The Kier molecular flexibility index (Phi) is 5.96. The quantitative estimate of drug-likeness (QED) is 0.883. The van der Waals surface area contributed by atoms with Gasteiger partial charge in [0, 0.05) is 45.4 Å². The molecule has 3 rings (SSSR count). The molecule has 3 nitrogen and oxygen atoms in total. The molecule has 24 heavy (non-hydrogen) atoms. The predicted octanol–water partition coefficient (Wildman–Crippen LogP) is 2.89. The highest BCUT2D eigenvalue weighted by Crippen LogP contribution is 2.18. The van der Waals surface area contributed by atoms with Crippen molar-refractivity contribution in [1.82, 2.24) is 9.80 Å². The number of aliphatic hydroxyl groups is 1. The van der Waals surface area contributed by atoms with Gasteiger partial charge in [0.1, 0.15) is 5.82 Å². The molecule has 0 radical (unpaired) electrons. The molecule has 0 saturated carbocycles. The first kappa shape index (κ1) is 17.1. The van der Waals surface area contributed by atoms with Gasteiger partial charge >= 0.3 is 0 Å². The monoisotopic (exact) mass is 328 g/mol. The highest BCUT2D eigenvalue weighted by molar-refractivity contribution is 5.17. The Bertz CT molecular complexity index is 617. The van der Waals surface area contributed by atoms with Crippen LogP contribution >= 0.6 is 0 Å². The van der Waals surface area contributed by atoms with E-state index in [1.54, 1.807) is 0 Å². The first-order valence-corrected chi connectivity index (χ1v) is 8.60. The van der Waals surface area contributed by atoms with Crippen molar-refractivity contribution in [3.05, 3.63) is 71.5 Å². The molecular formula is C20H25FN2O. The van der Waals surface area contributed by atoms with Crippen LogP contribution in [0, 0.1) is 5.82 Å². The van der Waals surface area contributed by atoms with E-state index in [0.29, 0.717) is 6.04 Å². The van der Waals surface area contributed by atoms with Gasteiger partial charge in [0.05, 0.1) is 0 Å². The molecule has 1 aliphatic heterocycles. The molecule has 2 aromatic carbocycles. The van der Waals surface area contributed by atoms with Gasteiger partial charge in [-0.25, -0.2) is 4.39 Å². The maximum Gasteiger partial charge on any atom is 0.123 e. The van der Waals surface area contributed by atoms with E-state index in [-0.39, 0.29) is 12.4 Å². The van der Waals surface area contributed by atoms with Crippen LogP contribution in [-0.2, 0) is 13.1 Å². The minimum atomic E-state index is -0.190. The van der Waals surface area contributed by atoms with E-state index < -0.39 is 0 Å². The second-order valence-corrected chi connectivity index (χ2v) is 6.48. The lowest BCUT2D eigenvalue weighted by atomic mass is 10.1. The summed E-state index contributed by atoms with van der Waals surface area (Å²) in [6.07, 6.45) is 0.784. The molecule has 1 N–H and O–H groups in total. The van der Waals surface area contributed by atoms with Gasteiger partial charge in [-0.15, -0.1) is 0 Å². The largest absolute Gasteiger partial charge is 0.396 e. The fourth-order valence-electron chi connectivity index (χ4n) is 3.40. The topological polar surface area (TPSA) is 26.7 Å². The molecule has 1 atom stereocenters. The van der Waals surface area contributed by atoms with Crippen LogP contribution < -0.4 is 0 Å². The molecule has 0 bridgehead atoms. The highest BCUT2D eigenvalue weighted by Gasteiger charge is 2.26. The second kappa shape index (κ2) is 8.38. The third kappa shape index (κ3) is 4.63. The first-order valence-electron chi connectivity index (χ1n) is 8.60. The summed E-state index contributed by atoms with van der Waals surface area (Å²) in [6, 6.07) is 17.6. The summed E-state index contributed by atoms with van der Waals surface area (Å²) in [5.41, 5.74) is 2.45. The average Bonchev–Trinajstić information content (AvgIpc) is 2.60. The number of benzene rings is 2. The molecule has 2 aromatic rings. The molecular weight excluding hydrogens is 303 g/mol. The predicted molar refractivity (Wildman–Crippen MR) is 94.0 cm³/mol. The smallest absolute Gasteiger partial charge is 0.123 e. The Morgan fingerprint density at radius 2 is 1.62 bits per heavy atom. The third-order valence-corrected chi connectivity index (χ3v) is 4.70. The molecule has 1 saturated heterocycles. The molecule has 0 spiro atoms. The van der Waals surface area contributed by atoms with Gasteiger partial charge in [-0.05, 0) is 29.7 Å². The number of nitrogens with zero attached hydrogens (tertiary/aromatic N) is 2. The van der Waals surface area contributed by atoms with Crippen molar-refractivity contribution in [2.45, 2.75) is 25.6 Å². The number of hydrogen-bond donors (Lipinski definition) is 1. The third-order valence-electron chi connectivity index (χ3n) is 4.70. The van der Waals surface area contributed by atoms with Crippen molar-refractivity contribution in [3.63, 3.8) is 0 Å². The first-order chi connectivity index (χ1) is 11.7. The van der Waals surface area contributed by atoms with Crippen molar-refractivity contribution in [1.29, 1.82) is 0 Å². The molecule has 1 fully saturated rings. The molecule has 128 valence electrons. The van der Waals surface area contributed by atoms with Crippen LogP contribution in [-0.4, -0.2) is 47.2 Å². The fourth-order valence-corrected chi connectivity index (χ4v) is 3.40. The summed E-state index contributed by atoms with van der Waals surface area (Å²) in [7, 11) is 0. The zero-order valence-corrected chi connectivity index (χ0v) is 13.9. The maximum atomic E-state index is 13.0. The lowest BCUT2D eigenvalue weighted by Crippen LogP contribution is -2.52. The Morgan fingerprint density at radius 1 is 0.917 bits per heavy atom. The minimum absolute atomic E-state index is 0.190. The Balaban J connectivity index is 1.61. The van der Waals surface area contributed by atoms with Gasteiger partial charge < -0.3 is 5.11 Å². The van der Waals surface area contributed by atoms with Crippen molar-refractivity contribution >= 4 is 0 Å². The summed E-state index contributed by atoms with van der Waals surface area (Å²) in [5, 5.41) is 9.42. The Labute approximate surface area is 143 Å². The molecule has 1 heterocycles. The number of rotatable bonds is 6. The van der Waals surface area contributed by atoms with E-state index in [2.05, 4.69) is 34.1 Å². The van der Waals surface area contributed by atoms with E-state index in [1.165, 1.54) is 17.7 Å². The maximum absolute atomic E-state index is 13.0. The van der Waals surface area contributed by atoms with E-state index in [0.717, 1.165) is 44.7 Å². The fraction of sp³-hybridized carbons (Fsp3) is 0.400. The molecule has 4 heteroatoms. The van der Waals surface area contributed by atoms with E-state index in [1.807, 2.05) is 18.2 Å². The van der Waals surface area contributed by atoms with Gasteiger partial charge in [0.15, 0.2) is 0 Å². The van der Waals surface area contributed by atoms with E-state index >= 15 is 0 Å². The summed E-state index contributed by atoms with van der Waals surface area (Å²) < 4.78 is 13.0. The molecule has 1 unspecified atom stereocenters. The molecule has 1 aliphatic rings. The number of hydrogen-bond acceptors (Lipinski definition) is 3. The van der Waals surface area contributed by atoms with Crippen LogP contribution in [0.1, 0.15) is 17.5 Å². The summed E-state index contributed by atoms with van der Waals surface area (Å²) in [6.45, 7) is 4.88. The number of aliphatic hydroxyl groups excluding tert-OH is 1. The second-order valence-electron chi connectivity index (χ2n) is 6.48. The number of halogens is 1. The van der Waals surface area contributed by atoms with Crippen molar-refractivity contribution in [2.24, 2.45) is 0 Å². The van der Waals surface area contributed by atoms with Crippen LogP contribution in [0.4, 0.5) is 4.39 Å². The number of piperazine rings is 1. The van der Waals surface area contributed by atoms with Crippen molar-refractivity contribution in [3.8, 4) is 0 Å². The Hall–Kier alpha value is -1.75. The van der Waals surface area contributed by atoms with E-state index in [4.69, 9.17) is 0 Å². The van der Waals surface area contributed by atoms with Gasteiger partial charge in [-0.2, -0.15) is 0 Å². The van der Waals surface area contributed by atoms with Crippen molar-refractivity contribution in [2.75, 3.05) is 26.2 Å². The van der Waals surface area contributed by atoms with Gasteiger partial charge in [-0.3, -0.25) is 9.80 Å². The lowest BCUT2D eigenvalue weighted by Gasteiger charge is -2.41. The zero-order valence-electron chi connectivity index (χ0n) is 13.9. The lowest BCUT2D eigenvalue weighted by molar-refractivity contribution is 0.0500. The SMILES string of the molecule is OCCC1CN(Cc2ccc(F)cc2)CCN1Cc1ccccc1. The normalized spacial score (nSPS) is 19.5. The van der Waals surface area contributed by atoms with Gasteiger partial charge in [0.2, 0.25) is 0 Å². The Morgan fingerprint density at radius 3 is 2.33 bits per heavy atom. The minimum Gasteiger partial charge on any atom is -0.396 e. The molecule has 0 aromatic heterocycles. The van der Waals surface area contributed by atoms with Crippen LogP contribution in [0.25, 0.3) is 0 Å². The summed E-state index contributed by atoms with van der Waals surface area (Å²) in [5.74, 6) is -0.190. The average molecular weight is 328 g/mol. The summed E-state index contributed by atoms with van der Waals surface area (Å²) in [4.78, 5) is 4.86. The van der Waals surface area contributed by atoms with E-state index in [9.17, 15) is 9.50 Å². The zero-order chi connectivity index (χ0) is 16.8. The molecule has 0 amide bonds. The van der Waals surface area contributed by atoms with Crippen LogP contribution in [0.5, 0.6) is 0 Å². The standard InChI is InChI=1S/C20H25FN2O/c21-19-8-6-18(7-9-19)14-22-11-12-23(20(16-22)10-13-24)15-17-4-2-1-3-5-17/h1-9,20,24H,10-16H2. The summed E-state index contributed by atoms with van der Waals surface area (Å²) >= 11 is 0. The van der Waals surface area contributed by atoms with Crippen LogP contribution in [0.15, 0.2) is 54.6 Å². The van der Waals surface area contributed by atoms with Gasteiger partial charge in [-0.1, -0.05) is 42.5 Å². The van der Waals surface area contributed by atoms with Crippen LogP contribution in [0.2, 0.25) is 0 Å².